The van der Waals surface area contributed by atoms with Crippen LogP contribution in [0.3, 0.4) is 0 Å². The van der Waals surface area contributed by atoms with Crippen LogP contribution in [-0.4, -0.2) is 34.9 Å². The molecular formula is C20H23N3O3. The van der Waals surface area contributed by atoms with Gasteiger partial charge < -0.3 is 14.6 Å². The molecule has 0 aliphatic carbocycles. The Morgan fingerprint density at radius 1 is 1.23 bits per heavy atom. The smallest absolute Gasteiger partial charge is 0.340 e. The first kappa shape index (κ1) is 19.3. The lowest BCUT2D eigenvalue weighted by molar-refractivity contribution is 0.0376. The molecule has 6 heteroatoms. The van der Waals surface area contributed by atoms with Gasteiger partial charge in [0.1, 0.15) is 5.69 Å². The van der Waals surface area contributed by atoms with Crippen LogP contribution in [0.25, 0.3) is 0 Å². The van der Waals surface area contributed by atoms with Crippen molar-refractivity contribution in [3.8, 4) is 6.07 Å². The van der Waals surface area contributed by atoms with Crippen LogP contribution in [0.1, 0.15) is 57.1 Å². The van der Waals surface area contributed by atoms with Crippen molar-refractivity contribution in [2.45, 2.75) is 40.3 Å². The van der Waals surface area contributed by atoms with E-state index in [0.29, 0.717) is 34.6 Å². The van der Waals surface area contributed by atoms with Gasteiger partial charge in [-0.3, -0.25) is 4.79 Å². The average Bonchev–Trinajstić information content (AvgIpc) is 2.88. The van der Waals surface area contributed by atoms with Gasteiger partial charge in [-0.1, -0.05) is 12.1 Å². The van der Waals surface area contributed by atoms with E-state index in [-0.39, 0.29) is 12.0 Å². The second-order valence-electron chi connectivity index (χ2n) is 6.55. The molecular weight excluding hydrogens is 330 g/mol. The Morgan fingerprint density at radius 3 is 2.38 bits per heavy atom. The highest BCUT2D eigenvalue weighted by atomic mass is 16.5. The highest BCUT2D eigenvalue weighted by Gasteiger charge is 2.25. The monoisotopic (exact) mass is 353 g/mol. The van der Waals surface area contributed by atoms with Crippen LogP contribution in [0.15, 0.2) is 24.3 Å². The number of hydrogen-bond acceptors (Lipinski definition) is 4. The van der Waals surface area contributed by atoms with Crippen molar-refractivity contribution in [3.63, 3.8) is 0 Å². The second-order valence-corrected chi connectivity index (χ2v) is 6.55. The maximum atomic E-state index is 12.8. The summed E-state index contributed by atoms with van der Waals surface area (Å²) in [5, 5.41) is 8.85. The summed E-state index contributed by atoms with van der Waals surface area (Å²) in [6.07, 6.45) is -0.227. The first-order valence-corrected chi connectivity index (χ1v) is 8.39. The molecule has 1 N–H and O–H groups in total. The zero-order valence-electron chi connectivity index (χ0n) is 15.7. The third-order valence-electron chi connectivity index (χ3n) is 4.05. The lowest BCUT2D eigenvalue weighted by atomic mass is 10.1. The van der Waals surface area contributed by atoms with Crippen molar-refractivity contribution in [2.24, 2.45) is 0 Å². The zero-order valence-corrected chi connectivity index (χ0v) is 15.7. The Hall–Kier alpha value is -3.07. The molecule has 1 heterocycles. The lowest BCUT2D eigenvalue weighted by Gasteiger charge is -2.17. The van der Waals surface area contributed by atoms with Gasteiger partial charge in [-0.2, -0.15) is 5.26 Å². The molecule has 0 saturated heterocycles. The summed E-state index contributed by atoms with van der Waals surface area (Å²) in [4.78, 5) is 29.6. The largest absolute Gasteiger partial charge is 0.459 e. The number of benzene rings is 1. The molecule has 2 aromatic rings. The Labute approximate surface area is 153 Å². The predicted molar refractivity (Wildman–Crippen MR) is 97.8 cm³/mol. The molecule has 1 aromatic carbocycles. The van der Waals surface area contributed by atoms with Crippen molar-refractivity contribution in [2.75, 3.05) is 7.05 Å². The first-order chi connectivity index (χ1) is 12.2. The van der Waals surface area contributed by atoms with Crippen molar-refractivity contribution in [1.82, 2.24) is 9.88 Å². The number of hydrogen-bond donors (Lipinski definition) is 1. The Balaban J connectivity index is 2.20. The van der Waals surface area contributed by atoms with Crippen LogP contribution in [-0.2, 0) is 11.3 Å². The number of H-pyrrole nitrogens is 1. The van der Waals surface area contributed by atoms with E-state index >= 15 is 0 Å². The molecule has 0 unspecified atom stereocenters. The fraction of sp³-hybridized carbons (Fsp3) is 0.350. The van der Waals surface area contributed by atoms with E-state index in [0.717, 1.165) is 5.56 Å². The third kappa shape index (κ3) is 4.12. The number of carbonyl (C=O) groups is 2. The summed E-state index contributed by atoms with van der Waals surface area (Å²) >= 11 is 0. The molecule has 0 atom stereocenters. The molecule has 26 heavy (non-hydrogen) atoms. The number of rotatable bonds is 5. The number of ether oxygens (including phenoxy) is 1. The highest BCUT2D eigenvalue weighted by Crippen LogP contribution is 2.21. The Bertz CT molecular complexity index is 858. The summed E-state index contributed by atoms with van der Waals surface area (Å²) in [6.45, 7) is 7.46. The number of nitrogens with zero attached hydrogens (tertiary/aromatic N) is 2. The standard InChI is InChI=1S/C20H23N3O3/c1-12(2)26-20(25)17-13(3)18(22-14(17)4)19(24)23(5)11-16-8-6-15(10-21)7-9-16/h6-9,12,22H,11H2,1-5H3. The molecule has 1 amide bonds. The van der Waals surface area contributed by atoms with Crippen molar-refractivity contribution in [1.29, 1.82) is 5.26 Å². The van der Waals surface area contributed by atoms with Gasteiger partial charge in [-0.15, -0.1) is 0 Å². The molecule has 0 saturated carbocycles. The molecule has 136 valence electrons. The number of carbonyl (C=O) groups excluding carboxylic acids is 2. The molecule has 0 aliphatic rings. The molecule has 6 nitrogen and oxygen atoms in total. The Morgan fingerprint density at radius 2 is 1.85 bits per heavy atom. The molecule has 2 rings (SSSR count). The maximum Gasteiger partial charge on any atom is 0.340 e. The molecule has 1 aromatic heterocycles. The van der Waals surface area contributed by atoms with Gasteiger partial charge in [0.15, 0.2) is 0 Å². The van der Waals surface area contributed by atoms with E-state index in [4.69, 9.17) is 10.00 Å². The van der Waals surface area contributed by atoms with E-state index in [1.807, 2.05) is 12.1 Å². The molecule has 0 spiro atoms. The van der Waals surface area contributed by atoms with E-state index in [9.17, 15) is 9.59 Å². The fourth-order valence-electron chi connectivity index (χ4n) is 2.76. The zero-order chi connectivity index (χ0) is 19.4. The lowest BCUT2D eigenvalue weighted by Crippen LogP contribution is -2.27. The van der Waals surface area contributed by atoms with E-state index < -0.39 is 5.97 Å². The number of nitrogens with one attached hydrogen (secondary N) is 1. The van der Waals surface area contributed by atoms with E-state index in [1.54, 1.807) is 51.8 Å². The molecule has 0 fully saturated rings. The van der Waals surface area contributed by atoms with Gasteiger partial charge in [-0.25, -0.2) is 4.79 Å². The predicted octanol–water partition coefficient (Wildman–Crippen LogP) is 3.34. The first-order valence-electron chi connectivity index (χ1n) is 8.39. The van der Waals surface area contributed by atoms with Crippen molar-refractivity contribution < 1.29 is 14.3 Å². The second kappa shape index (κ2) is 7.87. The summed E-state index contributed by atoms with van der Waals surface area (Å²) in [6, 6.07) is 9.15. The van der Waals surface area contributed by atoms with Crippen LogP contribution in [0.4, 0.5) is 0 Å². The van der Waals surface area contributed by atoms with Crippen LogP contribution in [0.2, 0.25) is 0 Å². The minimum Gasteiger partial charge on any atom is -0.459 e. The maximum absolute atomic E-state index is 12.8. The molecule has 0 bridgehead atoms. The average molecular weight is 353 g/mol. The number of aromatic amines is 1. The van der Waals surface area contributed by atoms with Gasteiger partial charge in [0.25, 0.3) is 5.91 Å². The van der Waals surface area contributed by atoms with Gasteiger partial charge in [0, 0.05) is 19.3 Å². The summed E-state index contributed by atoms with van der Waals surface area (Å²) < 4.78 is 5.26. The molecule has 0 radical (unpaired) electrons. The van der Waals surface area contributed by atoms with Crippen LogP contribution in [0, 0.1) is 25.2 Å². The summed E-state index contributed by atoms with van der Waals surface area (Å²) in [5.74, 6) is -0.640. The normalized spacial score (nSPS) is 10.5. The quantitative estimate of drug-likeness (QED) is 0.835. The van der Waals surface area contributed by atoms with Crippen LogP contribution in [0.5, 0.6) is 0 Å². The van der Waals surface area contributed by atoms with Crippen LogP contribution < -0.4 is 0 Å². The molecule has 0 aliphatic heterocycles. The van der Waals surface area contributed by atoms with E-state index in [2.05, 4.69) is 11.1 Å². The number of nitriles is 1. The minimum atomic E-state index is -0.431. The fourth-order valence-corrected chi connectivity index (χ4v) is 2.76. The summed E-state index contributed by atoms with van der Waals surface area (Å²) in [7, 11) is 1.70. The summed E-state index contributed by atoms with van der Waals surface area (Å²) in [5.41, 5.74) is 3.49. The van der Waals surface area contributed by atoms with Gasteiger partial charge in [-0.05, 0) is 51.0 Å². The Kier molecular flexibility index (Phi) is 5.83. The van der Waals surface area contributed by atoms with Gasteiger partial charge in [0.2, 0.25) is 0 Å². The SMILES string of the molecule is Cc1[nH]c(C(=O)N(C)Cc2ccc(C#N)cc2)c(C)c1C(=O)OC(C)C. The van der Waals surface area contributed by atoms with Crippen molar-refractivity contribution >= 4 is 11.9 Å². The van der Waals surface area contributed by atoms with Gasteiger partial charge in [0.05, 0.1) is 23.3 Å². The van der Waals surface area contributed by atoms with Crippen LogP contribution >= 0.6 is 0 Å². The number of esters is 1. The number of aromatic nitrogens is 1. The number of aryl methyl sites for hydroxylation is 1. The van der Waals surface area contributed by atoms with Crippen molar-refractivity contribution in [3.05, 3.63) is 57.9 Å². The third-order valence-corrected chi connectivity index (χ3v) is 4.05. The van der Waals surface area contributed by atoms with Gasteiger partial charge >= 0.3 is 5.97 Å². The highest BCUT2D eigenvalue weighted by molar-refractivity contribution is 6.00. The topological polar surface area (TPSA) is 86.2 Å². The minimum absolute atomic E-state index is 0.210. The number of amides is 1. The van der Waals surface area contributed by atoms with E-state index in [1.165, 1.54) is 0 Å².